The van der Waals surface area contributed by atoms with Crippen molar-refractivity contribution in [3.8, 4) is 17.3 Å². The Balaban J connectivity index is 0.00000243. The summed E-state index contributed by atoms with van der Waals surface area (Å²) in [4.78, 5) is 8.57. The first-order valence-electron chi connectivity index (χ1n) is 7.81. The monoisotopic (exact) mass is 468 g/mol. The molecule has 3 rings (SSSR count). The smallest absolute Gasteiger partial charge is 0.216 e. The molecule has 138 valence electrons. The maximum atomic E-state index is 5.27. The van der Waals surface area contributed by atoms with Crippen LogP contribution in [0.4, 0.5) is 0 Å². The van der Waals surface area contributed by atoms with Gasteiger partial charge < -0.3 is 19.8 Å². The first-order valence-corrected chi connectivity index (χ1v) is 7.81. The van der Waals surface area contributed by atoms with E-state index in [-0.39, 0.29) is 24.0 Å². The number of aromatic amines is 1. The Bertz CT molecular complexity index is 814. The molecule has 1 aromatic carbocycles. The number of halogens is 1. The number of furan rings is 1. The highest BCUT2D eigenvalue weighted by Crippen LogP contribution is 2.14. The summed E-state index contributed by atoms with van der Waals surface area (Å²) in [6, 6.07) is 11.5. The Kier molecular flexibility index (Phi) is 7.45. The summed E-state index contributed by atoms with van der Waals surface area (Å²) in [5.41, 5.74) is 1.13. The van der Waals surface area contributed by atoms with Crippen molar-refractivity contribution >= 4 is 29.9 Å². The predicted molar refractivity (Wildman–Crippen MR) is 110 cm³/mol. The van der Waals surface area contributed by atoms with Crippen LogP contribution < -0.4 is 15.4 Å². The average Bonchev–Trinajstić information content (AvgIpc) is 3.34. The number of ether oxygens (including phenoxy) is 1. The van der Waals surface area contributed by atoms with Gasteiger partial charge in [-0.1, -0.05) is 12.1 Å². The Morgan fingerprint density at radius 2 is 1.96 bits per heavy atom. The van der Waals surface area contributed by atoms with Gasteiger partial charge in [-0.3, -0.25) is 10.1 Å². The number of benzene rings is 1. The fraction of sp³-hybridized carbons (Fsp3) is 0.235. The summed E-state index contributed by atoms with van der Waals surface area (Å²) in [5, 5.41) is 13.4. The molecular formula is C17H21IN6O2. The van der Waals surface area contributed by atoms with Gasteiger partial charge in [0.2, 0.25) is 5.82 Å². The minimum absolute atomic E-state index is 0. The van der Waals surface area contributed by atoms with E-state index in [0.29, 0.717) is 36.5 Å². The maximum absolute atomic E-state index is 5.27. The van der Waals surface area contributed by atoms with Crippen molar-refractivity contribution < 1.29 is 9.15 Å². The van der Waals surface area contributed by atoms with Crippen molar-refractivity contribution in [2.75, 3.05) is 14.2 Å². The van der Waals surface area contributed by atoms with E-state index >= 15 is 0 Å². The van der Waals surface area contributed by atoms with Gasteiger partial charge in [-0.05, 0) is 29.8 Å². The van der Waals surface area contributed by atoms with Gasteiger partial charge >= 0.3 is 0 Å². The third-order valence-corrected chi connectivity index (χ3v) is 3.54. The Morgan fingerprint density at radius 1 is 1.19 bits per heavy atom. The standard InChI is InChI=1S/C17H20N6O2.HI/c1-18-17(19-10-12-5-7-13(24-2)8-6-12)20-11-15-21-16(23-22-15)14-4-3-9-25-14;/h3-9H,10-11H2,1-2H3,(H2,18,19,20)(H,21,22,23);1H. The number of aromatic nitrogens is 3. The van der Waals surface area contributed by atoms with E-state index in [1.165, 1.54) is 0 Å². The number of aliphatic imine (C=N–C) groups is 1. The SMILES string of the molecule is CN=C(NCc1ccc(OC)cc1)NCc1nc(-c2ccco2)n[nH]1.I. The summed E-state index contributed by atoms with van der Waals surface area (Å²) < 4.78 is 10.4. The van der Waals surface area contributed by atoms with E-state index in [1.807, 2.05) is 30.3 Å². The van der Waals surface area contributed by atoms with Crippen molar-refractivity contribution in [2.24, 2.45) is 4.99 Å². The summed E-state index contributed by atoms with van der Waals surface area (Å²) in [7, 11) is 3.37. The average molecular weight is 468 g/mol. The van der Waals surface area contributed by atoms with Gasteiger partial charge in [0.25, 0.3) is 0 Å². The van der Waals surface area contributed by atoms with Gasteiger partial charge in [0.1, 0.15) is 11.6 Å². The quantitative estimate of drug-likeness (QED) is 0.292. The number of hydrogen-bond acceptors (Lipinski definition) is 5. The number of nitrogens with zero attached hydrogens (tertiary/aromatic N) is 3. The highest BCUT2D eigenvalue weighted by molar-refractivity contribution is 14.0. The summed E-state index contributed by atoms with van der Waals surface area (Å²) in [6.45, 7) is 1.12. The van der Waals surface area contributed by atoms with Crippen LogP contribution in [0.5, 0.6) is 5.75 Å². The van der Waals surface area contributed by atoms with E-state index < -0.39 is 0 Å². The molecule has 0 spiro atoms. The van der Waals surface area contributed by atoms with Gasteiger partial charge in [0.05, 0.1) is 19.9 Å². The van der Waals surface area contributed by atoms with E-state index in [1.54, 1.807) is 26.5 Å². The predicted octanol–water partition coefficient (Wildman–Crippen LogP) is 2.56. The zero-order chi connectivity index (χ0) is 17.5. The molecule has 0 amide bonds. The van der Waals surface area contributed by atoms with Gasteiger partial charge in [-0.25, -0.2) is 4.98 Å². The topological polar surface area (TPSA) is 100 Å². The molecular weight excluding hydrogens is 447 g/mol. The Morgan fingerprint density at radius 3 is 2.62 bits per heavy atom. The number of nitrogens with one attached hydrogen (secondary N) is 3. The van der Waals surface area contributed by atoms with Gasteiger partial charge in [0.15, 0.2) is 11.7 Å². The fourth-order valence-corrected chi connectivity index (χ4v) is 2.21. The molecule has 2 heterocycles. The molecule has 3 aromatic rings. The lowest BCUT2D eigenvalue weighted by Crippen LogP contribution is -2.36. The van der Waals surface area contributed by atoms with Crippen LogP contribution in [0.2, 0.25) is 0 Å². The lowest BCUT2D eigenvalue weighted by Gasteiger charge is -2.11. The van der Waals surface area contributed by atoms with Gasteiger partial charge in [-0.15, -0.1) is 29.1 Å². The molecule has 0 radical (unpaired) electrons. The molecule has 0 bridgehead atoms. The second-order valence-electron chi connectivity index (χ2n) is 5.21. The van der Waals surface area contributed by atoms with Gasteiger partial charge in [0, 0.05) is 13.6 Å². The van der Waals surface area contributed by atoms with Crippen LogP contribution in [-0.4, -0.2) is 35.3 Å². The lowest BCUT2D eigenvalue weighted by atomic mass is 10.2. The molecule has 8 nitrogen and oxygen atoms in total. The first kappa shape index (κ1) is 19.8. The molecule has 0 saturated carbocycles. The highest BCUT2D eigenvalue weighted by atomic mass is 127. The van der Waals surface area contributed by atoms with Crippen LogP contribution in [0.25, 0.3) is 11.6 Å². The van der Waals surface area contributed by atoms with E-state index in [0.717, 1.165) is 11.3 Å². The van der Waals surface area contributed by atoms with E-state index in [9.17, 15) is 0 Å². The van der Waals surface area contributed by atoms with Crippen molar-refractivity contribution in [3.63, 3.8) is 0 Å². The molecule has 0 saturated heterocycles. The van der Waals surface area contributed by atoms with Crippen LogP contribution >= 0.6 is 24.0 Å². The van der Waals surface area contributed by atoms with Crippen molar-refractivity contribution in [2.45, 2.75) is 13.1 Å². The van der Waals surface area contributed by atoms with Crippen LogP contribution in [0, 0.1) is 0 Å². The van der Waals surface area contributed by atoms with Crippen LogP contribution in [-0.2, 0) is 13.1 Å². The van der Waals surface area contributed by atoms with Crippen LogP contribution in [0.1, 0.15) is 11.4 Å². The fourth-order valence-electron chi connectivity index (χ4n) is 2.21. The number of rotatable bonds is 6. The summed E-state index contributed by atoms with van der Waals surface area (Å²) >= 11 is 0. The molecule has 0 aliphatic carbocycles. The second kappa shape index (κ2) is 9.80. The molecule has 0 unspecified atom stereocenters. The molecule has 26 heavy (non-hydrogen) atoms. The molecule has 0 aliphatic rings. The first-order chi connectivity index (χ1) is 12.3. The molecule has 0 atom stereocenters. The largest absolute Gasteiger partial charge is 0.497 e. The minimum atomic E-state index is 0. The zero-order valence-corrected chi connectivity index (χ0v) is 16.9. The minimum Gasteiger partial charge on any atom is -0.497 e. The molecule has 3 N–H and O–H groups in total. The normalized spacial score (nSPS) is 10.9. The number of H-pyrrole nitrogens is 1. The summed E-state index contributed by atoms with van der Waals surface area (Å²) in [6.07, 6.45) is 1.59. The highest BCUT2D eigenvalue weighted by Gasteiger charge is 2.08. The zero-order valence-electron chi connectivity index (χ0n) is 14.5. The molecule has 0 aliphatic heterocycles. The number of guanidine groups is 1. The van der Waals surface area contributed by atoms with Crippen molar-refractivity contribution in [1.82, 2.24) is 25.8 Å². The molecule has 9 heteroatoms. The van der Waals surface area contributed by atoms with Crippen LogP contribution in [0.15, 0.2) is 52.1 Å². The number of methoxy groups -OCH3 is 1. The van der Waals surface area contributed by atoms with E-state index in [4.69, 9.17) is 9.15 Å². The second-order valence-corrected chi connectivity index (χ2v) is 5.21. The third-order valence-electron chi connectivity index (χ3n) is 3.54. The van der Waals surface area contributed by atoms with Crippen LogP contribution in [0.3, 0.4) is 0 Å². The van der Waals surface area contributed by atoms with Crippen molar-refractivity contribution in [1.29, 1.82) is 0 Å². The van der Waals surface area contributed by atoms with E-state index in [2.05, 4.69) is 30.8 Å². The lowest BCUT2D eigenvalue weighted by molar-refractivity contribution is 0.414. The summed E-state index contributed by atoms with van der Waals surface area (Å²) in [5.74, 6) is 3.36. The van der Waals surface area contributed by atoms with Gasteiger partial charge in [-0.2, -0.15) is 0 Å². The Hall–Kier alpha value is -2.56. The number of hydrogen-bond donors (Lipinski definition) is 3. The Labute approximate surface area is 168 Å². The maximum Gasteiger partial charge on any atom is 0.216 e. The third kappa shape index (κ3) is 5.22. The molecule has 2 aromatic heterocycles. The van der Waals surface area contributed by atoms with Crippen molar-refractivity contribution in [3.05, 3.63) is 54.0 Å². The molecule has 0 fully saturated rings.